The third-order valence-corrected chi connectivity index (χ3v) is 14.1. The molecule has 0 saturated heterocycles. The zero-order valence-corrected chi connectivity index (χ0v) is 54.4. The lowest BCUT2D eigenvalue weighted by Gasteiger charge is -2.15. The Morgan fingerprint density at radius 3 is 0.759 bits per heavy atom. The lowest BCUT2D eigenvalue weighted by atomic mass is 9.93. The summed E-state index contributed by atoms with van der Waals surface area (Å²) in [6.45, 7) is 31.6. The number of aryl methyl sites for hydroxylation is 4. The maximum atomic E-state index is 4.62. The first-order chi connectivity index (χ1) is 42.3. The molecule has 0 aliphatic rings. The van der Waals surface area contributed by atoms with Crippen molar-refractivity contribution in [2.45, 2.75) is 178 Å². The summed E-state index contributed by atoms with van der Waals surface area (Å²) in [4.78, 5) is 52.0. The van der Waals surface area contributed by atoms with Crippen molar-refractivity contribution in [1.82, 2.24) is 0 Å². The van der Waals surface area contributed by atoms with E-state index in [0.29, 0.717) is 36.8 Å². The summed E-state index contributed by atoms with van der Waals surface area (Å²) in [6, 6.07) is 62.5. The summed E-state index contributed by atoms with van der Waals surface area (Å²) < 4.78 is 0. The molecule has 0 bridgehead atoms. The van der Waals surface area contributed by atoms with E-state index in [0.717, 1.165) is 142 Å². The minimum atomic E-state index is 0.425. The molecule has 0 saturated carbocycles. The Hall–Kier alpha value is -8.40. The van der Waals surface area contributed by atoms with Crippen LogP contribution in [0.15, 0.2) is 193 Å². The Morgan fingerprint density at radius 1 is 0.253 bits per heavy atom. The van der Waals surface area contributed by atoms with Crippen LogP contribution in [0, 0.1) is 27.7 Å². The molecule has 0 fully saturated rings. The SMILES string of the molecule is C(=NCCCCCN=C=NCc1ccccc1)=NCc1ccccc1.CC(C)c1cccc(C(C)C)c1N=C=NCCCCCN=C=Nc1c(C(C)C)cccc1C(C)C.Cc1cccc(C)c1N=C=NCCCCCN=C=Nc1c(C)cccc1C. The molecule has 6 rings (SSSR count). The van der Waals surface area contributed by atoms with Gasteiger partial charge >= 0.3 is 0 Å². The molecule has 456 valence electrons. The summed E-state index contributed by atoms with van der Waals surface area (Å²) in [7, 11) is 0. The van der Waals surface area contributed by atoms with Crippen molar-refractivity contribution >= 4 is 58.8 Å². The van der Waals surface area contributed by atoms with Crippen molar-refractivity contribution in [3.8, 4) is 0 Å². The fourth-order valence-corrected chi connectivity index (χ4v) is 9.08. The maximum Gasteiger partial charge on any atom is 0.0949 e. The molecule has 0 radical (unpaired) electrons. The van der Waals surface area contributed by atoms with Crippen molar-refractivity contribution < 1.29 is 0 Å². The van der Waals surface area contributed by atoms with Gasteiger partial charge in [0, 0.05) is 39.3 Å². The summed E-state index contributed by atoms with van der Waals surface area (Å²) >= 11 is 0. The van der Waals surface area contributed by atoms with Crippen LogP contribution in [-0.2, 0) is 13.1 Å². The third-order valence-electron chi connectivity index (χ3n) is 14.1. The predicted octanol–water partition coefficient (Wildman–Crippen LogP) is 21.0. The summed E-state index contributed by atoms with van der Waals surface area (Å²) in [5.41, 5.74) is 16.0. The highest BCUT2D eigenvalue weighted by Crippen LogP contribution is 2.35. The minimum absolute atomic E-state index is 0.425. The van der Waals surface area contributed by atoms with E-state index in [1.165, 1.54) is 33.4 Å². The molecule has 0 amide bonds. The standard InChI is InChI=1S/C31H44N4.C23H28N4.C21H24N4/c1-22(2)26-14-12-15-27(23(3)4)30(26)34-20-32-18-10-9-11-19-33-21-35-31-28(24(5)6)16-13-17-29(31)25(7)8;1-18-10-8-11-19(2)22(18)26-16-24-14-6-5-7-15-25-17-27-23-20(3)12-9-13-21(23)4;1-4-10-20(11-5-1)16-24-18-22-14-8-3-9-15-23-19-25-17-21-12-6-2-7-13-21/h12-17,22-25H,9-11,18-19H2,1-8H3;8-13H,5-7,14-15H2,1-4H3;1-2,4-7,10-13H,3,8-9,14-17H2. The Kier molecular flexibility index (Phi) is 35.3. The van der Waals surface area contributed by atoms with Gasteiger partial charge in [-0.2, -0.15) is 20.0 Å². The van der Waals surface area contributed by atoms with Gasteiger partial charge in [0.05, 0.1) is 71.9 Å². The molecule has 0 N–H and O–H groups in total. The average Bonchev–Trinajstić information content (AvgIpc) is 3.59. The van der Waals surface area contributed by atoms with Crippen molar-refractivity contribution in [2.75, 3.05) is 39.3 Å². The van der Waals surface area contributed by atoms with Gasteiger partial charge in [-0.1, -0.05) is 189 Å². The number of nitrogens with zero attached hydrogens (tertiary/aromatic N) is 12. The van der Waals surface area contributed by atoms with E-state index in [9.17, 15) is 0 Å². The largest absolute Gasteiger partial charge is 0.226 e. The van der Waals surface area contributed by atoms with Gasteiger partial charge in [-0.25, -0.2) is 39.9 Å². The molecule has 0 unspecified atom stereocenters. The Balaban J connectivity index is 0.000000284. The van der Waals surface area contributed by atoms with Crippen molar-refractivity contribution in [2.24, 2.45) is 59.9 Å². The summed E-state index contributed by atoms with van der Waals surface area (Å²) in [6.07, 6.45) is 9.33. The van der Waals surface area contributed by atoms with Crippen LogP contribution in [0.4, 0.5) is 22.7 Å². The first-order valence-electron chi connectivity index (χ1n) is 31.4. The fourth-order valence-electron chi connectivity index (χ4n) is 9.08. The van der Waals surface area contributed by atoms with Crippen molar-refractivity contribution in [3.63, 3.8) is 0 Å². The van der Waals surface area contributed by atoms with Crippen LogP contribution < -0.4 is 0 Å². The molecular weight excluding hydrogens is 1070 g/mol. The van der Waals surface area contributed by atoms with Gasteiger partial charge in [-0.05, 0) is 165 Å². The number of rotatable bonds is 30. The molecule has 0 heterocycles. The molecule has 87 heavy (non-hydrogen) atoms. The first-order valence-corrected chi connectivity index (χ1v) is 31.4. The molecule has 6 aromatic rings. The monoisotopic (exact) mass is 1160 g/mol. The number of hydrogen-bond donors (Lipinski definition) is 0. The van der Waals surface area contributed by atoms with E-state index in [2.05, 4.69) is 264 Å². The van der Waals surface area contributed by atoms with E-state index in [1.54, 1.807) is 0 Å². The summed E-state index contributed by atoms with van der Waals surface area (Å²) in [5, 5.41) is 0. The van der Waals surface area contributed by atoms with Crippen LogP contribution in [0.3, 0.4) is 0 Å². The smallest absolute Gasteiger partial charge is 0.0949 e. The number of para-hydroxylation sites is 4. The van der Waals surface area contributed by atoms with Crippen LogP contribution in [0.1, 0.15) is 192 Å². The molecule has 0 aliphatic heterocycles. The van der Waals surface area contributed by atoms with Crippen LogP contribution in [0.25, 0.3) is 0 Å². The highest BCUT2D eigenvalue weighted by Gasteiger charge is 2.14. The van der Waals surface area contributed by atoms with Crippen LogP contribution in [-0.4, -0.2) is 75.3 Å². The molecule has 6 aromatic carbocycles. The van der Waals surface area contributed by atoms with Gasteiger partial charge in [0.25, 0.3) is 0 Å². The number of aliphatic imine (C=N–C) groups is 12. The molecule has 0 atom stereocenters. The second kappa shape index (κ2) is 43.3. The molecule has 0 aromatic heterocycles. The van der Waals surface area contributed by atoms with Crippen molar-refractivity contribution in [1.29, 1.82) is 0 Å². The van der Waals surface area contributed by atoms with E-state index in [4.69, 9.17) is 0 Å². The Labute approximate surface area is 522 Å². The molecule has 0 spiro atoms. The van der Waals surface area contributed by atoms with E-state index < -0.39 is 0 Å². The Morgan fingerprint density at radius 2 is 0.494 bits per heavy atom. The van der Waals surface area contributed by atoms with Crippen LogP contribution in [0.2, 0.25) is 0 Å². The Bertz CT molecular complexity index is 3050. The van der Waals surface area contributed by atoms with Gasteiger partial charge in [-0.3, -0.25) is 0 Å². The lowest BCUT2D eigenvalue weighted by Crippen LogP contribution is -1.95. The number of benzene rings is 6. The van der Waals surface area contributed by atoms with Gasteiger partial charge < -0.3 is 0 Å². The molecule has 0 aliphatic carbocycles. The quantitative estimate of drug-likeness (QED) is 0.0312. The zero-order valence-electron chi connectivity index (χ0n) is 54.4. The number of unbranched alkanes of at least 4 members (excludes halogenated alkanes) is 6. The lowest BCUT2D eigenvalue weighted by molar-refractivity contribution is 0.698. The number of hydrogen-bond acceptors (Lipinski definition) is 12. The van der Waals surface area contributed by atoms with Gasteiger partial charge in [0.15, 0.2) is 0 Å². The topological polar surface area (TPSA) is 148 Å². The highest BCUT2D eigenvalue weighted by molar-refractivity contribution is 5.64. The van der Waals surface area contributed by atoms with Gasteiger partial charge in [0.2, 0.25) is 0 Å². The van der Waals surface area contributed by atoms with Gasteiger partial charge in [-0.15, -0.1) is 0 Å². The normalized spacial score (nSPS) is 10.3. The van der Waals surface area contributed by atoms with Gasteiger partial charge in [0.1, 0.15) is 0 Å². The first kappa shape index (κ1) is 71.1. The average molecular weight is 1170 g/mol. The second-order valence-electron chi connectivity index (χ2n) is 22.8. The van der Waals surface area contributed by atoms with E-state index >= 15 is 0 Å². The summed E-state index contributed by atoms with van der Waals surface area (Å²) in [5.74, 6) is 1.70. The molecular formula is C75H96N12. The predicted molar refractivity (Wildman–Crippen MR) is 370 cm³/mol. The van der Waals surface area contributed by atoms with Crippen molar-refractivity contribution in [3.05, 3.63) is 189 Å². The minimum Gasteiger partial charge on any atom is -0.226 e. The third kappa shape index (κ3) is 29.0. The second-order valence-corrected chi connectivity index (χ2v) is 22.8. The van der Waals surface area contributed by atoms with E-state index in [-0.39, 0.29) is 0 Å². The zero-order chi connectivity index (χ0) is 62.7. The maximum absolute atomic E-state index is 4.62. The molecule has 12 heteroatoms. The molecule has 12 nitrogen and oxygen atoms in total. The van der Waals surface area contributed by atoms with Crippen LogP contribution in [0.5, 0.6) is 0 Å². The highest BCUT2D eigenvalue weighted by atomic mass is 14.8. The van der Waals surface area contributed by atoms with E-state index in [1.807, 2.05) is 48.5 Å². The van der Waals surface area contributed by atoms with Crippen LogP contribution >= 0.6 is 0 Å². The fraction of sp³-hybridized carbons (Fsp3) is 0.440.